The Morgan fingerprint density at radius 2 is 2.53 bits per heavy atom. The van der Waals surface area contributed by atoms with Gasteiger partial charge in [-0.05, 0) is 31.6 Å². The Morgan fingerprint density at radius 1 is 1.71 bits per heavy atom. The maximum atomic E-state index is 12.0. The zero-order valence-corrected chi connectivity index (χ0v) is 10.9. The Balaban J connectivity index is 2.18. The molecule has 0 atom stereocenters. The summed E-state index contributed by atoms with van der Waals surface area (Å²) in [6, 6.07) is 2.05. The summed E-state index contributed by atoms with van der Waals surface area (Å²) < 4.78 is 5.71. The van der Waals surface area contributed by atoms with Crippen molar-refractivity contribution in [3.8, 4) is 0 Å². The van der Waals surface area contributed by atoms with Gasteiger partial charge in [0.05, 0.1) is 0 Å². The maximum absolute atomic E-state index is 12.0. The average molecular weight is 251 g/mol. The molecule has 1 aliphatic rings. The van der Waals surface area contributed by atoms with Crippen LogP contribution in [0.1, 0.15) is 24.8 Å². The fourth-order valence-corrected chi connectivity index (χ4v) is 2.45. The SMILES string of the molecule is C=CCCC(=O)N1CCCc2cc(SC)oc21. The average Bonchev–Trinajstić information content (AvgIpc) is 2.78. The number of thioether (sulfide) groups is 1. The van der Waals surface area contributed by atoms with Gasteiger partial charge < -0.3 is 4.42 Å². The van der Waals surface area contributed by atoms with Crippen LogP contribution in [0.25, 0.3) is 0 Å². The number of anilines is 1. The number of rotatable bonds is 4. The number of fused-ring (bicyclic) bond motifs is 1. The molecule has 0 radical (unpaired) electrons. The summed E-state index contributed by atoms with van der Waals surface area (Å²) in [7, 11) is 0. The number of amides is 1. The van der Waals surface area contributed by atoms with Gasteiger partial charge in [-0.3, -0.25) is 9.69 Å². The lowest BCUT2D eigenvalue weighted by Gasteiger charge is -2.25. The van der Waals surface area contributed by atoms with E-state index < -0.39 is 0 Å². The van der Waals surface area contributed by atoms with E-state index in [2.05, 4.69) is 6.58 Å². The standard InChI is InChI=1S/C13H17NO2S/c1-3-4-7-11(15)14-8-5-6-10-9-12(17-2)16-13(10)14/h3,9H,1,4-8H2,2H3. The minimum atomic E-state index is 0.132. The summed E-state index contributed by atoms with van der Waals surface area (Å²) in [5.41, 5.74) is 1.16. The highest BCUT2D eigenvalue weighted by atomic mass is 32.2. The highest BCUT2D eigenvalue weighted by Gasteiger charge is 2.26. The number of aryl methyl sites for hydroxylation is 1. The molecule has 4 heteroatoms. The first kappa shape index (κ1) is 12.3. The third-order valence-electron chi connectivity index (χ3n) is 2.90. The molecule has 1 aliphatic heterocycles. The van der Waals surface area contributed by atoms with Crippen LogP contribution in [0.5, 0.6) is 0 Å². The molecule has 2 heterocycles. The van der Waals surface area contributed by atoms with Crippen LogP contribution in [-0.4, -0.2) is 18.7 Å². The lowest BCUT2D eigenvalue weighted by atomic mass is 10.1. The third-order valence-corrected chi connectivity index (χ3v) is 3.51. The first-order valence-corrected chi connectivity index (χ1v) is 7.06. The summed E-state index contributed by atoms with van der Waals surface area (Å²) in [4.78, 5) is 13.8. The van der Waals surface area contributed by atoms with Crippen molar-refractivity contribution in [1.29, 1.82) is 0 Å². The number of carbonyl (C=O) groups excluding carboxylic acids is 1. The third kappa shape index (κ3) is 2.57. The summed E-state index contributed by atoms with van der Waals surface area (Å²) >= 11 is 1.57. The van der Waals surface area contributed by atoms with Gasteiger partial charge in [0.15, 0.2) is 5.09 Å². The molecule has 17 heavy (non-hydrogen) atoms. The van der Waals surface area contributed by atoms with Gasteiger partial charge in [-0.25, -0.2) is 0 Å². The predicted molar refractivity (Wildman–Crippen MR) is 70.6 cm³/mol. The summed E-state index contributed by atoms with van der Waals surface area (Å²) in [6.45, 7) is 4.41. The highest BCUT2D eigenvalue weighted by Crippen LogP contribution is 2.34. The molecule has 1 amide bonds. The maximum Gasteiger partial charge on any atom is 0.229 e. The number of nitrogens with zero attached hydrogens (tertiary/aromatic N) is 1. The Hall–Kier alpha value is -1.16. The molecule has 0 saturated heterocycles. The molecule has 0 saturated carbocycles. The summed E-state index contributed by atoms with van der Waals surface area (Å²) in [5.74, 6) is 0.891. The van der Waals surface area contributed by atoms with Crippen molar-refractivity contribution in [2.75, 3.05) is 17.7 Å². The molecule has 0 spiro atoms. The second-order valence-electron chi connectivity index (χ2n) is 4.08. The summed E-state index contributed by atoms with van der Waals surface area (Å²) in [5, 5.41) is 0.887. The molecule has 0 N–H and O–H groups in total. The zero-order chi connectivity index (χ0) is 12.3. The molecule has 1 aromatic heterocycles. The van der Waals surface area contributed by atoms with Crippen LogP contribution in [0.15, 0.2) is 28.2 Å². The molecule has 0 fully saturated rings. The number of carbonyl (C=O) groups is 1. The quantitative estimate of drug-likeness (QED) is 0.608. The molecular weight excluding hydrogens is 234 g/mol. The number of furan rings is 1. The van der Waals surface area contributed by atoms with E-state index in [0.717, 1.165) is 42.3 Å². The highest BCUT2D eigenvalue weighted by molar-refractivity contribution is 7.98. The van der Waals surface area contributed by atoms with E-state index in [1.165, 1.54) is 0 Å². The fraction of sp³-hybridized carbons (Fsp3) is 0.462. The number of hydrogen-bond donors (Lipinski definition) is 0. The Morgan fingerprint density at radius 3 is 3.24 bits per heavy atom. The van der Waals surface area contributed by atoms with Crippen molar-refractivity contribution in [3.63, 3.8) is 0 Å². The van der Waals surface area contributed by atoms with E-state index in [0.29, 0.717) is 6.42 Å². The van der Waals surface area contributed by atoms with Crippen LogP contribution in [0.3, 0.4) is 0 Å². The Bertz CT molecular complexity index is 425. The van der Waals surface area contributed by atoms with Crippen LogP contribution in [0.2, 0.25) is 0 Å². The van der Waals surface area contributed by atoms with Crippen molar-refractivity contribution in [2.24, 2.45) is 0 Å². The lowest BCUT2D eigenvalue weighted by molar-refractivity contribution is -0.118. The summed E-state index contributed by atoms with van der Waals surface area (Å²) in [6.07, 6.45) is 7.01. The first-order valence-electron chi connectivity index (χ1n) is 5.84. The van der Waals surface area contributed by atoms with E-state index in [4.69, 9.17) is 4.42 Å². The molecule has 1 aromatic rings. The van der Waals surface area contributed by atoms with E-state index in [1.807, 2.05) is 12.3 Å². The van der Waals surface area contributed by atoms with Crippen molar-refractivity contribution in [2.45, 2.75) is 30.8 Å². The minimum Gasteiger partial charge on any atom is -0.434 e. The molecule has 2 rings (SSSR count). The van der Waals surface area contributed by atoms with Gasteiger partial charge in [0, 0.05) is 18.5 Å². The van der Waals surface area contributed by atoms with Crippen LogP contribution < -0.4 is 4.90 Å². The van der Waals surface area contributed by atoms with Crippen LogP contribution in [0, 0.1) is 0 Å². The smallest absolute Gasteiger partial charge is 0.229 e. The monoisotopic (exact) mass is 251 g/mol. The van der Waals surface area contributed by atoms with Crippen molar-refractivity contribution < 1.29 is 9.21 Å². The first-order chi connectivity index (χ1) is 8.26. The molecule has 0 aliphatic carbocycles. The van der Waals surface area contributed by atoms with Gasteiger partial charge in [0.1, 0.15) is 0 Å². The van der Waals surface area contributed by atoms with Gasteiger partial charge in [-0.1, -0.05) is 17.8 Å². The molecular formula is C13H17NO2S. The fourth-order valence-electron chi connectivity index (χ4n) is 2.03. The van der Waals surface area contributed by atoms with Crippen LogP contribution >= 0.6 is 11.8 Å². The van der Waals surface area contributed by atoms with Gasteiger partial charge in [-0.15, -0.1) is 6.58 Å². The molecule has 0 bridgehead atoms. The predicted octanol–water partition coefficient (Wildman–Crippen LogP) is 3.25. The molecule has 0 unspecified atom stereocenters. The normalized spacial score (nSPS) is 14.5. The van der Waals surface area contributed by atoms with Gasteiger partial charge in [0.25, 0.3) is 0 Å². The largest absolute Gasteiger partial charge is 0.434 e. The van der Waals surface area contributed by atoms with Crippen molar-refractivity contribution >= 4 is 23.6 Å². The van der Waals surface area contributed by atoms with E-state index >= 15 is 0 Å². The van der Waals surface area contributed by atoms with Crippen LogP contribution in [-0.2, 0) is 11.2 Å². The van der Waals surface area contributed by atoms with Gasteiger partial charge in [-0.2, -0.15) is 0 Å². The second kappa shape index (κ2) is 5.45. The molecule has 92 valence electrons. The van der Waals surface area contributed by atoms with Crippen molar-refractivity contribution in [1.82, 2.24) is 0 Å². The molecule has 0 aromatic carbocycles. The Labute approximate surface area is 106 Å². The van der Waals surface area contributed by atoms with Crippen LogP contribution in [0.4, 0.5) is 5.88 Å². The Kier molecular flexibility index (Phi) is 3.94. The van der Waals surface area contributed by atoms with E-state index in [-0.39, 0.29) is 5.91 Å². The zero-order valence-electron chi connectivity index (χ0n) is 10.1. The lowest BCUT2D eigenvalue weighted by Crippen LogP contribution is -2.34. The second-order valence-corrected chi connectivity index (χ2v) is 4.89. The topological polar surface area (TPSA) is 33.5 Å². The van der Waals surface area contributed by atoms with Gasteiger partial charge in [0.2, 0.25) is 11.8 Å². The number of hydrogen-bond acceptors (Lipinski definition) is 3. The minimum absolute atomic E-state index is 0.132. The molecule has 3 nitrogen and oxygen atoms in total. The van der Waals surface area contributed by atoms with Crippen molar-refractivity contribution in [3.05, 3.63) is 24.3 Å². The number of allylic oxidation sites excluding steroid dienone is 1. The van der Waals surface area contributed by atoms with E-state index in [9.17, 15) is 4.79 Å². The van der Waals surface area contributed by atoms with Gasteiger partial charge >= 0.3 is 0 Å². The van der Waals surface area contributed by atoms with E-state index in [1.54, 1.807) is 22.7 Å².